The molecule has 46 heavy (non-hydrogen) atoms. The van der Waals surface area contributed by atoms with Crippen LogP contribution in [0.15, 0.2) is 66.0 Å². The van der Waals surface area contributed by atoms with Crippen molar-refractivity contribution in [3.05, 3.63) is 94.7 Å². The van der Waals surface area contributed by atoms with E-state index < -0.39 is 10.8 Å². The van der Waals surface area contributed by atoms with Crippen molar-refractivity contribution in [2.45, 2.75) is 77.1 Å². The molecule has 242 valence electrons. The number of imidazole rings is 1. The van der Waals surface area contributed by atoms with Gasteiger partial charge in [-0.2, -0.15) is 4.31 Å². The first kappa shape index (κ1) is 31.7. The number of H-pyrrole nitrogens is 1. The Hall–Kier alpha value is -4.30. The molecule has 13 heteroatoms. The van der Waals surface area contributed by atoms with Crippen LogP contribution in [0.5, 0.6) is 5.88 Å². The quantitative estimate of drug-likeness (QED) is 0.149. The molecular weight excluding hydrogens is 604 g/mol. The highest BCUT2D eigenvalue weighted by molar-refractivity contribution is 8.22. The molecule has 0 aliphatic carbocycles. The van der Waals surface area contributed by atoms with Crippen molar-refractivity contribution in [2.75, 3.05) is 6.54 Å². The van der Waals surface area contributed by atoms with E-state index in [1.807, 2.05) is 50.6 Å². The number of carbonyl (C=O) groups excluding carboxylic acids is 1. The summed E-state index contributed by atoms with van der Waals surface area (Å²) >= 11 is 0. The number of pyridine rings is 1. The molecule has 1 amide bonds. The third-order valence-corrected chi connectivity index (χ3v) is 10.6. The number of hydrogen-bond donors (Lipinski definition) is 4. The van der Waals surface area contributed by atoms with Crippen molar-refractivity contribution in [2.24, 2.45) is 0 Å². The summed E-state index contributed by atoms with van der Waals surface area (Å²) in [6, 6.07) is 13.6. The van der Waals surface area contributed by atoms with Crippen LogP contribution in [0, 0.1) is 13.8 Å². The molecule has 2 unspecified atom stereocenters. The zero-order valence-corrected chi connectivity index (χ0v) is 27.3. The Morgan fingerprint density at radius 1 is 1.15 bits per heavy atom. The zero-order valence-electron chi connectivity index (χ0n) is 26.5. The maximum Gasteiger partial charge on any atom is 0.239 e. The number of carbonyl (C=O) groups is 1. The van der Waals surface area contributed by atoms with Gasteiger partial charge in [0.25, 0.3) is 0 Å². The summed E-state index contributed by atoms with van der Waals surface area (Å²) in [6.07, 6.45) is 5.59. The van der Waals surface area contributed by atoms with E-state index in [1.54, 1.807) is 35.0 Å². The average molecular weight is 645 g/mol. The van der Waals surface area contributed by atoms with Crippen LogP contribution in [0.3, 0.4) is 0 Å². The van der Waals surface area contributed by atoms with Crippen LogP contribution in [-0.2, 0) is 24.4 Å². The normalized spacial score (nSPS) is 17.6. The minimum Gasteiger partial charge on any atom is -0.472 e. The summed E-state index contributed by atoms with van der Waals surface area (Å²) < 4.78 is 32.8. The second kappa shape index (κ2) is 13.2. The Bertz CT molecular complexity index is 1840. The van der Waals surface area contributed by atoms with Crippen molar-refractivity contribution < 1.29 is 18.6 Å². The number of nitrogens with one attached hydrogen (secondary N) is 2. The van der Waals surface area contributed by atoms with Gasteiger partial charge in [0.2, 0.25) is 11.8 Å². The van der Waals surface area contributed by atoms with E-state index in [9.17, 15) is 13.9 Å². The highest BCUT2D eigenvalue weighted by atomic mass is 32.3. The Balaban J connectivity index is 1.37. The van der Waals surface area contributed by atoms with Gasteiger partial charge in [0.1, 0.15) is 22.3 Å². The summed E-state index contributed by atoms with van der Waals surface area (Å²) in [4.78, 5) is 25.2. The fourth-order valence-electron chi connectivity index (χ4n) is 6.01. The van der Waals surface area contributed by atoms with Gasteiger partial charge in [-0.1, -0.05) is 36.4 Å². The molecule has 5 aromatic rings. The Labute approximate surface area is 269 Å². The molecule has 2 aromatic carbocycles. The van der Waals surface area contributed by atoms with Gasteiger partial charge >= 0.3 is 0 Å². The van der Waals surface area contributed by atoms with E-state index in [0.29, 0.717) is 31.9 Å². The average Bonchev–Trinajstić information content (AvgIpc) is 3.72. The summed E-state index contributed by atoms with van der Waals surface area (Å²) in [5.74, 6) is 0.523. The van der Waals surface area contributed by atoms with Crippen molar-refractivity contribution in [3.8, 4) is 5.88 Å². The molecule has 0 saturated heterocycles. The smallest absolute Gasteiger partial charge is 0.239 e. The van der Waals surface area contributed by atoms with Gasteiger partial charge in [-0.3, -0.25) is 13.9 Å². The molecule has 0 fully saturated rings. The van der Waals surface area contributed by atoms with Crippen molar-refractivity contribution >= 4 is 27.7 Å². The number of ether oxygens (including phenoxy) is 1. The molecule has 0 spiro atoms. The van der Waals surface area contributed by atoms with Gasteiger partial charge in [-0.15, -0.1) is 15.9 Å². The van der Waals surface area contributed by atoms with Crippen LogP contribution in [0.2, 0.25) is 0 Å². The van der Waals surface area contributed by atoms with Crippen molar-refractivity contribution in [3.63, 3.8) is 0 Å². The molecule has 4 N–H and O–H groups in total. The lowest BCUT2D eigenvalue weighted by atomic mass is 9.84. The fraction of sp³-hybridized carbons (Fsp3) is 0.364. The Morgan fingerprint density at radius 2 is 2.00 bits per heavy atom. The topological polar surface area (TPSA) is 154 Å². The SMILES string of the molecule is CCC1CN(Cc2cc(C(CC(=O)NCc3ncc[nH]3)c3ccc4c(nnn4CC)c3C)ccc2C)S(O)(O)c2cccnc2O1. The Kier molecular flexibility index (Phi) is 9.09. The third-order valence-electron chi connectivity index (χ3n) is 8.71. The van der Waals surface area contributed by atoms with E-state index >= 15 is 0 Å². The largest absolute Gasteiger partial charge is 0.472 e. The zero-order chi connectivity index (χ0) is 32.4. The number of aromatic amines is 1. The van der Waals surface area contributed by atoms with Gasteiger partial charge in [-0.25, -0.2) is 14.6 Å². The first-order valence-corrected chi connectivity index (χ1v) is 17.0. The van der Waals surface area contributed by atoms with Gasteiger partial charge < -0.3 is 15.0 Å². The first-order chi connectivity index (χ1) is 22.2. The predicted molar refractivity (Wildman–Crippen MR) is 176 cm³/mol. The van der Waals surface area contributed by atoms with Crippen molar-refractivity contribution in [1.29, 1.82) is 0 Å². The summed E-state index contributed by atoms with van der Waals surface area (Å²) in [6.45, 7) is 9.67. The number of aryl methyl sites for hydroxylation is 3. The maximum absolute atomic E-state index is 13.4. The first-order valence-electron chi connectivity index (χ1n) is 15.5. The standard InChI is InChI=1S/C33H40N8O4S/c1-5-25-20-40(46(43,44)29-8-7-13-36-33(29)45-25)19-24-16-23(10-9-21(24)3)27(17-31(42)37-18-30-34-14-15-35-30)26-11-12-28-32(22(26)4)38-39-41(28)6-2/h7-16,25,27,43-44H,5-6,17-20H2,1-4H3,(H,34,35)(H,37,42). The molecule has 0 saturated carbocycles. The number of hydrogen-bond acceptors (Lipinski definition) is 9. The van der Waals surface area contributed by atoms with Crippen LogP contribution >= 0.6 is 10.8 Å². The van der Waals surface area contributed by atoms with E-state index in [1.165, 1.54) is 0 Å². The second-order valence-electron chi connectivity index (χ2n) is 11.6. The lowest BCUT2D eigenvalue weighted by molar-refractivity contribution is -0.121. The Morgan fingerprint density at radius 3 is 2.76 bits per heavy atom. The van der Waals surface area contributed by atoms with Gasteiger partial charge in [0.15, 0.2) is 0 Å². The molecule has 1 aliphatic heterocycles. The van der Waals surface area contributed by atoms with Gasteiger partial charge in [0.05, 0.1) is 18.6 Å². The number of fused-ring (bicyclic) bond motifs is 2. The number of nitrogens with zero attached hydrogens (tertiary/aromatic N) is 6. The number of amides is 1. The predicted octanol–water partition coefficient (Wildman–Crippen LogP) is 5.72. The molecule has 3 aromatic heterocycles. The lowest BCUT2D eigenvalue weighted by Crippen LogP contribution is -2.34. The molecule has 12 nitrogen and oxygen atoms in total. The van der Waals surface area contributed by atoms with Crippen LogP contribution in [0.4, 0.5) is 0 Å². The minimum absolute atomic E-state index is 0.117. The maximum atomic E-state index is 13.4. The lowest BCUT2D eigenvalue weighted by Gasteiger charge is -2.41. The summed E-state index contributed by atoms with van der Waals surface area (Å²) in [7, 11) is -3.39. The second-order valence-corrected chi connectivity index (χ2v) is 13.6. The third kappa shape index (κ3) is 6.23. The van der Waals surface area contributed by atoms with Gasteiger partial charge in [-0.05, 0) is 73.2 Å². The molecule has 2 atom stereocenters. The number of rotatable bonds is 10. The van der Waals surface area contributed by atoms with E-state index in [-0.39, 0.29) is 41.7 Å². The highest BCUT2D eigenvalue weighted by Gasteiger charge is 2.36. The molecule has 0 bridgehead atoms. The van der Waals surface area contributed by atoms with Crippen LogP contribution in [0.1, 0.15) is 66.2 Å². The minimum atomic E-state index is -3.39. The number of benzene rings is 2. The number of aromatic nitrogens is 6. The molecule has 1 aliphatic rings. The molecule has 0 radical (unpaired) electrons. The van der Waals surface area contributed by atoms with E-state index in [4.69, 9.17) is 4.74 Å². The molecule has 4 heterocycles. The van der Waals surface area contributed by atoms with E-state index in [0.717, 1.165) is 38.9 Å². The van der Waals surface area contributed by atoms with Crippen LogP contribution in [-0.4, -0.2) is 61.9 Å². The van der Waals surface area contributed by atoms with E-state index in [2.05, 4.69) is 42.7 Å². The summed E-state index contributed by atoms with van der Waals surface area (Å²) in [5, 5.41) is 11.8. The molecular formula is C33H40N8O4S. The fourth-order valence-corrected chi connectivity index (χ4v) is 7.58. The summed E-state index contributed by atoms with van der Waals surface area (Å²) in [5.41, 5.74) is 6.58. The van der Waals surface area contributed by atoms with Crippen LogP contribution < -0.4 is 10.1 Å². The highest BCUT2D eigenvalue weighted by Crippen LogP contribution is 2.57. The van der Waals surface area contributed by atoms with Gasteiger partial charge in [0, 0.05) is 44.0 Å². The van der Waals surface area contributed by atoms with Crippen molar-refractivity contribution in [1.82, 2.24) is 39.6 Å². The molecule has 6 rings (SSSR count). The monoisotopic (exact) mass is 644 g/mol. The van der Waals surface area contributed by atoms with Crippen LogP contribution in [0.25, 0.3) is 11.0 Å².